The summed E-state index contributed by atoms with van der Waals surface area (Å²) in [5, 5.41) is 120. The van der Waals surface area contributed by atoms with Crippen molar-refractivity contribution >= 4 is 11.9 Å². The molecular weight excluding hydrogens is 842 g/mol. The molecule has 0 aliphatic carbocycles. The monoisotopic (exact) mass is 905 g/mol. The minimum absolute atomic E-state index is 0.0652. The SMILES string of the molecule is CCCO[C@@H]1OC(C)[C@H](O)[C@H](O[C@H]2O[C@@H](CO)[C@@H](O)C(O)C2O)C1O[C@@H]1OC(CO)[C@@H](O)[C@H](O[C@@H]2OC(C)[C@H](O)[C@H](O[C@@H]3OC(C)[C@H](O)[C@H](O)C3O)C2OC(C)=O)C1NC(C)=O. The van der Waals surface area contributed by atoms with Crippen molar-refractivity contribution in [3.05, 3.63) is 0 Å². The maximum absolute atomic E-state index is 12.8. The normalized spacial score (nSPS) is 49.0. The summed E-state index contributed by atoms with van der Waals surface area (Å²) in [4.78, 5) is 25.4. The number of aliphatic hydroxyl groups excluding tert-OH is 11. The van der Waals surface area contributed by atoms with E-state index in [9.17, 15) is 65.8 Å². The van der Waals surface area contributed by atoms with E-state index in [-0.39, 0.29) is 6.61 Å². The van der Waals surface area contributed by atoms with E-state index in [4.69, 9.17) is 52.1 Å². The highest BCUT2D eigenvalue weighted by atomic mass is 16.8. The van der Waals surface area contributed by atoms with E-state index in [1.807, 2.05) is 0 Å². The first-order chi connectivity index (χ1) is 29.2. The van der Waals surface area contributed by atoms with Gasteiger partial charge in [0, 0.05) is 20.5 Å². The first-order valence-electron chi connectivity index (χ1n) is 20.5. The Morgan fingerprint density at radius 2 is 0.952 bits per heavy atom. The summed E-state index contributed by atoms with van der Waals surface area (Å²) >= 11 is 0. The molecule has 62 heavy (non-hydrogen) atoms. The van der Waals surface area contributed by atoms with Crippen LogP contribution in [0.2, 0.25) is 0 Å². The first kappa shape index (κ1) is 51.1. The number of hydrogen-bond donors (Lipinski definition) is 12. The average molecular weight is 906 g/mol. The van der Waals surface area contributed by atoms with Crippen LogP contribution in [-0.4, -0.2) is 241 Å². The van der Waals surface area contributed by atoms with Gasteiger partial charge in [-0.2, -0.15) is 0 Å². The molecule has 5 heterocycles. The first-order valence-corrected chi connectivity index (χ1v) is 20.5. The Bertz CT molecular complexity index is 1430. The molecule has 0 radical (unpaired) electrons. The molecule has 0 saturated carbocycles. The summed E-state index contributed by atoms with van der Waals surface area (Å²) in [6.45, 7) is 6.54. The van der Waals surface area contributed by atoms with Crippen molar-refractivity contribution in [2.45, 2.75) is 201 Å². The highest BCUT2D eigenvalue weighted by Gasteiger charge is 2.57. The molecule has 1 amide bonds. The molecule has 0 bridgehead atoms. The lowest BCUT2D eigenvalue weighted by Crippen LogP contribution is -2.70. The minimum atomic E-state index is -1.92. The van der Waals surface area contributed by atoms with E-state index in [2.05, 4.69) is 5.32 Å². The number of hydrogen-bond acceptors (Lipinski definition) is 24. The smallest absolute Gasteiger partial charge is 0.303 e. The summed E-state index contributed by atoms with van der Waals surface area (Å²) < 4.78 is 65.1. The molecule has 5 saturated heterocycles. The molecular formula is C37H63NO24. The number of aliphatic hydroxyl groups is 11. The number of carbonyl (C=O) groups is 2. The molecule has 5 fully saturated rings. The zero-order valence-corrected chi connectivity index (χ0v) is 35.0. The lowest BCUT2D eigenvalue weighted by molar-refractivity contribution is -0.391. The van der Waals surface area contributed by atoms with Crippen LogP contribution < -0.4 is 5.32 Å². The van der Waals surface area contributed by atoms with E-state index in [1.54, 1.807) is 6.92 Å². The van der Waals surface area contributed by atoms with Gasteiger partial charge < -0.3 is 114 Å². The topological polar surface area (TPSA) is 370 Å². The number of carbonyl (C=O) groups excluding carboxylic acids is 2. The maximum atomic E-state index is 12.8. The third kappa shape index (κ3) is 11.2. The fourth-order valence-electron chi connectivity index (χ4n) is 7.88. The van der Waals surface area contributed by atoms with E-state index in [0.717, 1.165) is 13.8 Å². The lowest BCUT2D eigenvalue weighted by atomic mass is 9.94. The van der Waals surface area contributed by atoms with Gasteiger partial charge in [-0.15, -0.1) is 0 Å². The van der Waals surface area contributed by atoms with E-state index < -0.39 is 179 Å². The van der Waals surface area contributed by atoms with E-state index in [1.165, 1.54) is 20.8 Å². The molecule has 12 N–H and O–H groups in total. The fourth-order valence-corrected chi connectivity index (χ4v) is 7.88. The second kappa shape index (κ2) is 22.1. The maximum Gasteiger partial charge on any atom is 0.303 e. The third-order valence-corrected chi connectivity index (χ3v) is 11.4. The average Bonchev–Trinajstić information content (AvgIpc) is 3.22. The summed E-state index contributed by atoms with van der Waals surface area (Å²) in [6.07, 6.45) is -38.2. The Balaban J connectivity index is 1.49. The van der Waals surface area contributed by atoms with Crippen molar-refractivity contribution in [2.24, 2.45) is 0 Å². The predicted octanol–water partition coefficient (Wildman–Crippen LogP) is -6.69. The van der Waals surface area contributed by atoms with Crippen LogP contribution in [0.5, 0.6) is 0 Å². The molecule has 25 heteroatoms. The van der Waals surface area contributed by atoms with Gasteiger partial charge in [0.15, 0.2) is 37.6 Å². The second-order valence-electron chi connectivity index (χ2n) is 16.1. The van der Waals surface area contributed by atoms with Crippen molar-refractivity contribution < 1.29 is 118 Å². The number of amides is 1. The zero-order valence-electron chi connectivity index (χ0n) is 35.0. The number of nitrogens with one attached hydrogen (secondary N) is 1. The molecule has 0 aromatic rings. The van der Waals surface area contributed by atoms with E-state index >= 15 is 0 Å². The van der Waals surface area contributed by atoms with Gasteiger partial charge in [0.25, 0.3) is 0 Å². The third-order valence-electron chi connectivity index (χ3n) is 11.4. The highest BCUT2D eigenvalue weighted by molar-refractivity contribution is 5.73. The minimum Gasteiger partial charge on any atom is -0.454 e. The molecule has 5 rings (SSSR count). The molecule has 0 aromatic heterocycles. The lowest BCUT2D eigenvalue weighted by Gasteiger charge is -2.51. The largest absolute Gasteiger partial charge is 0.454 e. The van der Waals surface area contributed by atoms with Crippen molar-refractivity contribution in [3.8, 4) is 0 Å². The summed E-state index contributed by atoms with van der Waals surface area (Å²) in [5.74, 6) is -1.67. The van der Waals surface area contributed by atoms with Crippen LogP contribution in [0.4, 0.5) is 0 Å². The predicted molar refractivity (Wildman–Crippen MR) is 197 cm³/mol. The van der Waals surface area contributed by atoms with Gasteiger partial charge >= 0.3 is 5.97 Å². The highest BCUT2D eigenvalue weighted by Crippen LogP contribution is 2.37. The Labute approximate surface area is 356 Å². The molecule has 5 aliphatic heterocycles. The Morgan fingerprint density at radius 1 is 0.500 bits per heavy atom. The summed E-state index contributed by atoms with van der Waals surface area (Å²) in [5.41, 5.74) is 0. The van der Waals surface area contributed by atoms with Gasteiger partial charge in [0.1, 0.15) is 97.6 Å². The van der Waals surface area contributed by atoms with Crippen LogP contribution in [0.1, 0.15) is 48.0 Å². The molecule has 360 valence electrons. The molecule has 5 aliphatic rings. The Hall–Kier alpha value is -1.90. The van der Waals surface area contributed by atoms with Crippen molar-refractivity contribution in [1.82, 2.24) is 5.32 Å². The number of rotatable bonds is 15. The number of ether oxygens (including phenoxy) is 11. The summed E-state index contributed by atoms with van der Waals surface area (Å²) in [6, 6.07) is -1.59. The van der Waals surface area contributed by atoms with Gasteiger partial charge in [-0.3, -0.25) is 9.59 Å². The molecule has 10 unspecified atom stereocenters. The Kier molecular flexibility index (Phi) is 18.2. The quantitative estimate of drug-likeness (QED) is 0.0680. The van der Waals surface area contributed by atoms with Crippen LogP contribution >= 0.6 is 0 Å². The summed E-state index contributed by atoms with van der Waals surface area (Å²) in [7, 11) is 0. The van der Waals surface area contributed by atoms with Crippen LogP contribution in [0.15, 0.2) is 0 Å². The fraction of sp³-hybridized carbons (Fsp3) is 0.946. The van der Waals surface area contributed by atoms with Crippen molar-refractivity contribution in [1.29, 1.82) is 0 Å². The van der Waals surface area contributed by atoms with Crippen LogP contribution in [0.3, 0.4) is 0 Å². The zero-order chi connectivity index (χ0) is 45.9. The van der Waals surface area contributed by atoms with Crippen molar-refractivity contribution in [2.75, 3.05) is 19.8 Å². The Morgan fingerprint density at radius 3 is 1.50 bits per heavy atom. The van der Waals surface area contributed by atoms with Crippen LogP contribution in [-0.2, 0) is 61.7 Å². The molecule has 0 aromatic carbocycles. The molecule has 25 atom stereocenters. The van der Waals surface area contributed by atoms with Crippen LogP contribution in [0, 0.1) is 0 Å². The van der Waals surface area contributed by atoms with Gasteiger partial charge in [0.2, 0.25) is 5.91 Å². The second-order valence-corrected chi connectivity index (χ2v) is 16.1. The van der Waals surface area contributed by atoms with Gasteiger partial charge in [-0.05, 0) is 27.2 Å². The van der Waals surface area contributed by atoms with E-state index in [0.29, 0.717) is 6.42 Å². The van der Waals surface area contributed by atoms with Gasteiger partial charge in [-0.1, -0.05) is 6.92 Å². The standard InChI is InChI=1S/C37H63NO24/c1-7-8-52-36-31(29(20(44)12(3)54-36)61-35-27(51)25(49)22(46)16(9-39)58-35)62-33-18(38-14(5)41)28(23(47)17(10-40)57-33)59-37-32(56-15(6)42)30(21(45)13(4)55-37)60-34-26(50)24(48)19(43)11(2)53-34/h11-13,16-37,39-40,43-51H,7-10H2,1-6H3,(H,38,41)/t11?,12?,13?,16-,17?,18?,19-,20-,21-,22+,23+,24-,25?,26?,27?,28+,29-,30-,31?,32?,33-,34-,35+,36+,37-/m0/s1. The van der Waals surface area contributed by atoms with Crippen LogP contribution in [0.25, 0.3) is 0 Å². The van der Waals surface area contributed by atoms with Gasteiger partial charge in [-0.25, -0.2) is 0 Å². The van der Waals surface area contributed by atoms with Crippen molar-refractivity contribution in [3.63, 3.8) is 0 Å². The van der Waals surface area contributed by atoms with Gasteiger partial charge in [0.05, 0.1) is 31.5 Å². The molecule has 0 spiro atoms. The number of esters is 1. The molecule has 25 nitrogen and oxygen atoms in total.